The third kappa shape index (κ3) is 4.50. The normalized spacial score (nSPS) is 18.9. The van der Waals surface area contributed by atoms with E-state index in [0.29, 0.717) is 18.4 Å². The summed E-state index contributed by atoms with van der Waals surface area (Å²) in [5.41, 5.74) is 5.15. The van der Waals surface area contributed by atoms with Crippen molar-refractivity contribution in [1.29, 1.82) is 0 Å². The molecular weight excluding hydrogens is 394 g/mol. The molecule has 1 heterocycles. The molecule has 0 amide bonds. The van der Waals surface area contributed by atoms with Crippen LogP contribution >= 0.6 is 0 Å². The minimum absolute atomic E-state index is 0.0710. The molecule has 158 valence electrons. The number of nitrogens with one attached hydrogen (secondary N) is 1. The van der Waals surface area contributed by atoms with E-state index in [4.69, 9.17) is 0 Å². The molecule has 2 atom stereocenters. The maximum atomic E-state index is 12.6. The second kappa shape index (κ2) is 8.74. The molecule has 5 nitrogen and oxygen atoms in total. The quantitative estimate of drug-likeness (QED) is 0.633. The molecule has 1 N–H and O–H groups in total. The smallest absolute Gasteiger partial charge is 0.197 e. The SMILES string of the molecule is CNC1CCc2ccc(CCS(=O)(=O)c3ccn(C)n3)cc2C1Cc1ccccc1. The summed E-state index contributed by atoms with van der Waals surface area (Å²) in [5, 5.41) is 7.73. The van der Waals surface area contributed by atoms with Gasteiger partial charge in [-0.3, -0.25) is 4.68 Å². The van der Waals surface area contributed by atoms with Gasteiger partial charge in [-0.1, -0.05) is 48.5 Å². The molecule has 6 heteroatoms. The number of hydrogen-bond donors (Lipinski definition) is 1. The molecule has 0 saturated heterocycles. The van der Waals surface area contributed by atoms with E-state index in [-0.39, 0.29) is 10.8 Å². The lowest BCUT2D eigenvalue weighted by atomic mass is 9.75. The fraction of sp³-hybridized carbons (Fsp3) is 0.375. The highest BCUT2D eigenvalue weighted by atomic mass is 32.2. The zero-order valence-corrected chi connectivity index (χ0v) is 18.4. The summed E-state index contributed by atoms with van der Waals surface area (Å²) in [6.45, 7) is 0. The Morgan fingerprint density at radius 3 is 2.60 bits per heavy atom. The van der Waals surface area contributed by atoms with Gasteiger partial charge in [-0.2, -0.15) is 5.10 Å². The second-order valence-electron chi connectivity index (χ2n) is 8.16. The van der Waals surface area contributed by atoms with Gasteiger partial charge in [-0.15, -0.1) is 0 Å². The first kappa shape index (κ1) is 20.8. The van der Waals surface area contributed by atoms with Crippen LogP contribution in [0.3, 0.4) is 0 Å². The Balaban J connectivity index is 1.57. The molecule has 0 spiro atoms. The average molecular weight is 424 g/mol. The highest BCUT2D eigenvalue weighted by molar-refractivity contribution is 7.91. The van der Waals surface area contributed by atoms with E-state index in [1.54, 1.807) is 19.3 Å². The predicted molar refractivity (Wildman–Crippen MR) is 119 cm³/mol. The largest absolute Gasteiger partial charge is 0.316 e. The minimum Gasteiger partial charge on any atom is -0.316 e. The highest BCUT2D eigenvalue weighted by Gasteiger charge is 2.29. The summed E-state index contributed by atoms with van der Waals surface area (Å²) in [5.74, 6) is 0.454. The summed E-state index contributed by atoms with van der Waals surface area (Å²) >= 11 is 0. The first-order valence-corrected chi connectivity index (χ1v) is 12.2. The van der Waals surface area contributed by atoms with Crippen molar-refractivity contribution in [2.75, 3.05) is 12.8 Å². The molecule has 4 rings (SSSR count). The fourth-order valence-electron chi connectivity index (χ4n) is 4.48. The van der Waals surface area contributed by atoms with Gasteiger partial charge in [-0.25, -0.2) is 8.42 Å². The van der Waals surface area contributed by atoms with Crippen molar-refractivity contribution in [3.05, 3.63) is 83.0 Å². The highest BCUT2D eigenvalue weighted by Crippen LogP contribution is 2.35. The van der Waals surface area contributed by atoms with Crippen LogP contribution in [0.15, 0.2) is 65.8 Å². The molecular formula is C24H29N3O2S. The van der Waals surface area contributed by atoms with Crippen LogP contribution in [0.2, 0.25) is 0 Å². The number of likely N-dealkylation sites (N-methyl/N-ethyl adjacent to an activating group) is 1. The molecule has 1 aromatic heterocycles. The van der Waals surface area contributed by atoms with Crippen LogP contribution in [0, 0.1) is 0 Å². The van der Waals surface area contributed by atoms with Gasteiger partial charge in [0.2, 0.25) is 0 Å². The van der Waals surface area contributed by atoms with Gasteiger partial charge < -0.3 is 5.32 Å². The number of fused-ring (bicyclic) bond motifs is 1. The van der Waals surface area contributed by atoms with E-state index in [1.165, 1.54) is 21.4 Å². The third-order valence-corrected chi connectivity index (χ3v) is 7.75. The van der Waals surface area contributed by atoms with Gasteiger partial charge >= 0.3 is 0 Å². The number of aromatic nitrogens is 2. The first-order chi connectivity index (χ1) is 14.5. The summed E-state index contributed by atoms with van der Waals surface area (Å²) in [7, 11) is 0.388. The Labute approximate surface area is 179 Å². The minimum atomic E-state index is -3.38. The fourth-order valence-corrected chi connectivity index (χ4v) is 5.72. The Morgan fingerprint density at radius 2 is 1.90 bits per heavy atom. The topological polar surface area (TPSA) is 64.0 Å². The van der Waals surface area contributed by atoms with Crippen LogP contribution in [0.25, 0.3) is 0 Å². The van der Waals surface area contributed by atoms with Crippen molar-refractivity contribution in [2.24, 2.45) is 7.05 Å². The van der Waals surface area contributed by atoms with E-state index in [0.717, 1.165) is 24.8 Å². The summed E-state index contributed by atoms with van der Waals surface area (Å²) in [6, 6.07) is 19.1. The Morgan fingerprint density at radius 1 is 1.10 bits per heavy atom. The maximum Gasteiger partial charge on any atom is 0.197 e. The molecule has 1 aliphatic carbocycles. The summed E-state index contributed by atoms with van der Waals surface area (Å²) in [6.07, 6.45) is 5.31. The Hall–Kier alpha value is -2.44. The molecule has 1 aliphatic rings. The van der Waals surface area contributed by atoms with Crippen LogP contribution in [0.5, 0.6) is 0 Å². The van der Waals surface area contributed by atoms with Crippen LogP contribution in [0.1, 0.15) is 34.6 Å². The maximum absolute atomic E-state index is 12.6. The molecule has 0 saturated carbocycles. The standard InChI is InChI=1S/C24H29N3O2S/c1-25-23-11-10-20-9-8-19(13-15-30(28,29)24-12-14-27(2)26-24)16-21(20)22(23)17-18-6-4-3-5-7-18/h3-9,12,14,16,22-23,25H,10-11,13,15,17H2,1-2H3. The lowest BCUT2D eigenvalue weighted by Gasteiger charge is -2.34. The second-order valence-corrected chi connectivity index (χ2v) is 10.2. The Kier molecular flexibility index (Phi) is 6.06. The molecule has 3 aromatic rings. The predicted octanol–water partition coefficient (Wildman–Crippen LogP) is 3.30. The van der Waals surface area contributed by atoms with E-state index in [2.05, 4.69) is 52.9 Å². The number of benzene rings is 2. The van der Waals surface area contributed by atoms with Crippen molar-refractivity contribution in [1.82, 2.24) is 15.1 Å². The van der Waals surface area contributed by atoms with E-state index >= 15 is 0 Å². The van der Waals surface area contributed by atoms with Gasteiger partial charge in [0.25, 0.3) is 0 Å². The van der Waals surface area contributed by atoms with Gasteiger partial charge in [0.05, 0.1) is 5.75 Å². The van der Waals surface area contributed by atoms with Crippen LogP contribution in [-0.4, -0.2) is 37.0 Å². The van der Waals surface area contributed by atoms with Gasteiger partial charge in [-0.05, 0) is 61.1 Å². The number of nitrogens with zero attached hydrogens (tertiary/aromatic N) is 2. The molecule has 0 radical (unpaired) electrons. The lowest BCUT2D eigenvalue weighted by Crippen LogP contribution is -2.37. The van der Waals surface area contributed by atoms with E-state index in [1.807, 2.05) is 13.1 Å². The van der Waals surface area contributed by atoms with Crippen molar-refractivity contribution in [3.63, 3.8) is 0 Å². The van der Waals surface area contributed by atoms with Crippen molar-refractivity contribution in [2.45, 2.75) is 42.7 Å². The van der Waals surface area contributed by atoms with Crippen LogP contribution in [0.4, 0.5) is 0 Å². The molecule has 2 aromatic carbocycles. The molecule has 2 unspecified atom stereocenters. The van der Waals surface area contributed by atoms with Crippen molar-refractivity contribution < 1.29 is 8.42 Å². The molecule has 0 fully saturated rings. The third-order valence-electron chi connectivity index (χ3n) is 6.16. The lowest BCUT2D eigenvalue weighted by molar-refractivity contribution is 0.409. The Bertz CT molecular complexity index is 1110. The monoisotopic (exact) mass is 423 g/mol. The summed E-state index contributed by atoms with van der Waals surface area (Å²) in [4.78, 5) is 0. The van der Waals surface area contributed by atoms with Gasteiger partial charge in [0.15, 0.2) is 14.9 Å². The van der Waals surface area contributed by atoms with Gasteiger partial charge in [0, 0.05) is 25.2 Å². The van der Waals surface area contributed by atoms with Crippen LogP contribution < -0.4 is 5.32 Å². The molecule has 0 bridgehead atoms. The number of rotatable bonds is 7. The zero-order valence-electron chi connectivity index (χ0n) is 17.6. The van der Waals surface area contributed by atoms with E-state index < -0.39 is 9.84 Å². The van der Waals surface area contributed by atoms with E-state index in [9.17, 15) is 8.42 Å². The van der Waals surface area contributed by atoms with Crippen molar-refractivity contribution in [3.8, 4) is 0 Å². The van der Waals surface area contributed by atoms with Crippen molar-refractivity contribution >= 4 is 9.84 Å². The van der Waals surface area contributed by atoms with Gasteiger partial charge in [0.1, 0.15) is 0 Å². The average Bonchev–Trinajstić information content (AvgIpc) is 3.21. The molecule has 0 aliphatic heterocycles. The number of aryl methyl sites for hydroxylation is 3. The summed E-state index contributed by atoms with van der Waals surface area (Å²) < 4.78 is 26.8. The molecule has 30 heavy (non-hydrogen) atoms. The number of hydrogen-bond acceptors (Lipinski definition) is 4. The zero-order chi connectivity index (χ0) is 21.1. The van der Waals surface area contributed by atoms with Crippen LogP contribution in [-0.2, 0) is 36.1 Å². The number of sulfone groups is 1. The first-order valence-electron chi connectivity index (χ1n) is 10.5.